The van der Waals surface area contributed by atoms with Crippen molar-refractivity contribution in [3.63, 3.8) is 0 Å². The van der Waals surface area contributed by atoms with E-state index in [4.69, 9.17) is 0 Å². The van der Waals surface area contributed by atoms with Gasteiger partial charge in [0.1, 0.15) is 0 Å². The van der Waals surface area contributed by atoms with E-state index in [1.54, 1.807) is 0 Å². The maximum atomic E-state index is 13.1. The van der Waals surface area contributed by atoms with Crippen LogP contribution < -0.4 is 10.6 Å². The van der Waals surface area contributed by atoms with Gasteiger partial charge < -0.3 is 15.7 Å². The number of benzene rings is 1. The average molecular weight is 314 g/mol. The summed E-state index contributed by atoms with van der Waals surface area (Å²) in [4.78, 5) is 11.6. The Morgan fingerprint density at radius 1 is 1.32 bits per heavy atom. The van der Waals surface area contributed by atoms with Gasteiger partial charge in [0, 0.05) is 25.2 Å². The molecular formula is C15H17F3N2O2. The normalized spacial score (nSPS) is 19.5. The molecular weight excluding hydrogens is 297 g/mol. The van der Waals surface area contributed by atoms with Crippen LogP contribution in [0.5, 0.6) is 0 Å². The van der Waals surface area contributed by atoms with Crippen molar-refractivity contribution in [2.24, 2.45) is 0 Å². The molecule has 1 aromatic rings. The number of amides is 1. The van der Waals surface area contributed by atoms with Crippen LogP contribution in [-0.2, 0) is 19.3 Å². The van der Waals surface area contributed by atoms with E-state index in [9.17, 15) is 23.1 Å². The third-order valence-corrected chi connectivity index (χ3v) is 4.35. The molecule has 1 fully saturated rings. The molecule has 22 heavy (non-hydrogen) atoms. The standard InChI is InChI=1S/C15H17F3N2O2/c16-15(17,18)12-5-9(4-10-11(12)7-20-13(10)21)6-19-8-14(22)2-1-3-14/h4-5,19,22H,1-3,6-8H2,(H,20,21). The van der Waals surface area contributed by atoms with Crippen molar-refractivity contribution in [2.75, 3.05) is 6.54 Å². The molecule has 1 heterocycles. The lowest BCUT2D eigenvalue weighted by molar-refractivity contribution is -0.138. The van der Waals surface area contributed by atoms with Crippen LogP contribution in [-0.4, -0.2) is 23.2 Å². The lowest BCUT2D eigenvalue weighted by Crippen LogP contribution is -2.46. The van der Waals surface area contributed by atoms with Gasteiger partial charge >= 0.3 is 6.18 Å². The Kier molecular flexibility index (Phi) is 3.65. The number of hydrogen-bond acceptors (Lipinski definition) is 3. The number of nitrogens with one attached hydrogen (secondary N) is 2. The Bertz CT molecular complexity index is 610. The fourth-order valence-corrected chi connectivity index (χ4v) is 2.94. The number of halogens is 3. The molecule has 1 aliphatic heterocycles. The van der Waals surface area contributed by atoms with Crippen molar-refractivity contribution < 1.29 is 23.1 Å². The number of carbonyl (C=O) groups excluding carboxylic acids is 1. The highest BCUT2D eigenvalue weighted by molar-refractivity contribution is 5.99. The van der Waals surface area contributed by atoms with Crippen molar-refractivity contribution in [2.45, 2.75) is 44.1 Å². The molecule has 1 aliphatic carbocycles. The highest BCUT2D eigenvalue weighted by Crippen LogP contribution is 2.36. The Morgan fingerprint density at radius 3 is 2.64 bits per heavy atom. The van der Waals surface area contributed by atoms with Crippen LogP contribution >= 0.6 is 0 Å². The van der Waals surface area contributed by atoms with Crippen molar-refractivity contribution in [3.05, 3.63) is 34.4 Å². The summed E-state index contributed by atoms with van der Waals surface area (Å²) in [5, 5.41) is 15.4. The summed E-state index contributed by atoms with van der Waals surface area (Å²) in [6.07, 6.45) is -2.10. The van der Waals surface area contributed by atoms with E-state index in [1.807, 2.05) is 0 Å². The highest BCUT2D eigenvalue weighted by Gasteiger charge is 2.38. The third-order valence-electron chi connectivity index (χ3n) is 4.35. The predicted molar refractivity (Wildman–Crippen MR) is 73.1 cm³/mol. The molecule has 0 saturated heterocycles. The molecule has 120 valence electrons. The topological polar surface area (TPSA) is 61.4 Å². The van der Waals surface area contributed by atoms with E-state index in [2.05, 4.69) is 10.6 Å². The summed E-state index contributed by atoms with van der Waals surface area (Å²) in [5.41, 5.74) is -0.998. The average Bonchev–Trinajstić information content (AvgIpc) is 2.77. The van der Waals surface area contributed by atoms with Gasteiger partial charge in [0.2, 0.25) is 0 Å². The van der Waals surface area contributed by atoms with E-state index < -0.39 is 23.2 Å². The lowest BCUT2D eigenvalue weighted by Gasteiger charge is -2.36. The zero-order chi connectivity index (χ0) is 16.0. The van der Waals surface area contributed by atoms with Crippen molar-refractivity contribution in [3.8, 4) is 0 Å². The second-order valence-electron chi connectivity index (χ2n) is 6.03. The Balaban J connectivity index is 1.79. The van der Waals surface area contributed by atoms with Gasteiger partial charge in [0.05, 0.1) is 11.2 Å². The van der Waals surface area contributed by atoms with E-state index in [0.29, 0.717) is 24.9 Å². The van der Waals surface area contributed by atoms with Crippen molar-refractivity contribution in [1.82, 2.24) is 10.6 Å². The van der Waals surface area contributed by atoms with E-state index in [1.165, 1.54) is 6.07 Å². The fourth-order valence-electron chi connectivity index (χ4n) is 2.94. The largest absolute Gasteiger partial charge is 0.416 e. The van der Waals surface area contributed by atoms with Gasteiger partial charge in [-0.2, -0.15) is 13.2 Å². The molecule has 0 unspecified atom stereocenters. The van der Waals surface area contributed by atoms with Crippen LogP contribution in [0.1, 0.15) is 46.3 Å². The molecule has 3 N–H and O–H groups in total. The number of hydrogen-bond donors (Lipinski definition) is 3. The van der Waals surface area contributed by atoms with E-state index >= 15 is 0 Å². The van der Waals surface area contributed by atoms with Crippen LogP contribution in [0.25, 0.3) is 0 Å². The van der Waals surface area contributed by atoms with Crippen LogP contribution in [0.2, 0.25) is 0 Å². The van der Waals surface area contributed by atoms with Gasteiger partial charge in [-0.3, -0.25) is 4.79 Å². The summed E-state index contributed by atoms with van der Waals surface area (Å²) in [6, 6.07) is 2.57. The molecule has 1 aromatic carbocycles. The Morgan fingerprint density at radius 2 is 2.05 bits per heavy atom. The zero-order valence-electron chi connectivity index (χ0n) is 11.9. The number of rotatable bonds is 4. The van der Waals surface area contributed by atoms with Gasteiger partial charge in [0.25, 0.3) is 5.91 Å². The second-order valence-corrected chi connectivity index (χ2v) is 6.03. The van der Waals surface area contributed by atoms with Crippen LogP contribution in [0.15, 0.2) is 12.1 Å². The lowest BCUT2D eigenvalue weighted by atomic mass is 9.80. The SMILES string of the molecule is O=C1NCc2c1cc(CNCC1(O)CCC1)cc2C(F)(F)F. The van der Waals surface area contributed by atoms with Crippen molar-refractivity contribution >= 4 is 5.91 Å². The third kappa shape index (κ3) is 2.83. The number of aliphatic hydroxyl groups is 1. The molecule has 0 spiro atoms. The number of alkyl halides is 3. The minimum Gasteiger partial charge on any atom is -0.389 e. The minimum absolute atomic E-state index is 0.0128. The smallest absolute Gasteiger partial charge is 0.389 e. The summed E-state index contributed by atoms with van der Waals surface area (Å²) in [5.74, 6) is -0.472. The van der Waals surface area contributed by atoms with Gasteiger partial charge in [-0.05, 0) is 42.5 Å². The molecule has 0 bridgehead atoms. The Labute approximate surface area is 125 Å². The summed E-state index contributed by atoms with van der Waals surface area (Å²) in [7, 11) is 0. The maximum absolute atomic E-state index is 13.1. The minimum atomic E-state index is -4.49. The quantitative estimate of drug-likeness (QED) is 0.796. The molecule has 1 amide bonds. The monoisotopic (exact) mass is 314 g/mol. The zero-order valence-corrected chi connectivity index (χ0v) is 11.9. The fraction of sp³-hybridized carbons (Fsp3) is 0.533. The number of fused-ring (bicyclic) bond motifs is 1. The first kappa shape index (κ1) is 15.3. The second kappa shape index (κ2) is 5.24. The van der Waals surface area contributed by atoms with E-state index in [-0.39, 0.29) is 24.2 Å². The highest BCUT2D eigenvalue weighted by atomic mass is 19.4. The molecule has 0 aromatic heterocycles. The van der Waals surface area contributed by atoms with Crippen LogP contribution in [0, 0.1) is 0 Å². The maximum Gasteiger partial charge on any atom is 0.416 e. The molecule has 0 radical (unpaired) electrons. The van der Waals surface area contributed by atoms with Crippen molar-refractivity contribution in [1.29, 1.82) is 0 Å². The summed E-state index contributed by atoms with van der Waals surface area (Å²) < 4.78 is 39.4. The van der Waals surface area contributed by atoms with Gasteiger partial charge in [-0.1, -0.05) is 0 Å². The molecule has 1 saturated carbocycles. The van der Waals surface area contributed by atoms with Crippen LogP contribution in [0.3, 0.4) is 0 Å². The number of carbonyl (C=O) groups is 1. The molecule has 4 nitrogen and oxygen atoms in total. The van der Waals surface area contributed by atoms with Gasteiger partial charge in [0.15, 0.2) is 0 Å². The molecule has 7 heteroatoms. The molecule has 0 atom stereocenters. The van der Waals surface area contributed by atoms with Crippen LogP contribution in [0.4, 0.5) is 13.2 Å². The summed E-state index contributed by atoms with van der Waals surface area (Å²) >= 11 is 0. The van der Waals surface area contributed by atoms with Gasteiger partial charge in [-0.15, -0.1) is 0 Å². The molecule has 3 rings (SSSR count). The summed E-state index contributed by atoms with van der Waals surface area (Å²) in [6.45, 7) is 0.444. The Hall–Kier alpha value is -1.60. The molecule has 2 aliphatic rings. The predicted octanol–water partition coefficient (Wildman–Crippen LogP) is 1.95. The first-order chi connectivity index (χ1) is 10.3. The first-order valence-electron chi connectivity index (χ1n) is 7.23. The van der Waals surface area contributed by atoms with E-state index in [0.717, 1.165) is 12.5 Å². The first-order valence-corrected chi connectivity index (χ1v) is 7.23. The van der Waals surface area contributed by atoms with Gasteiger partial charge in [-0.25, -0.2) is 0 Å².